The van der Waals surface area contributed by atoms with Gasteiger partial charge in [-0.05, 0) is 117 Å². The van der Waals surface area contributed by atoms with Gasteiger partial charge in [-0.25, -0.2) is 0 Å². The summed E-state index contributed by atoms with van der Waals surface area (Å²) in [4.78, 5) is 16.8. The molecule has 0 radical (unpaired) electrons. The number of benzene rings is 3. The molecule has 0 unspecified atom stereocenters. The Balaban J connectivity index is 0.000000803. The second kappa shape index (κ2) is 20.0. The van der Waals surface area contributed by atoms with Crippen molar-refractivity contribution >= 4 is 39.7 Å². The van der Waals surface area contributed by atoms with Gasteiger partial charge in [0, 0.05) is 40.1 Å². The zero-order valence-corrected chi connectivity index (χ0v) is 30.5. The van der Waals surface area contributed by atoms with E-state index < -0.39 is 0 Å². The van der Waals surface area contributed by atoms with Crippen LogP contribution < -0.4 is 14.8 Å². The molecule has 2 aliphatic carbocycles. The van der Waals surface area contributed by atoms with Crippen LogP contribution in [0.15, 0.2) is 145 Å². The van der Waals surface area contributed by atoms with Gasteiger partial charge in [-0.15, -0.1) is 5.10 Å². The SMILES string of the molecule is C1=CCC=C1.O=C(/C=C/C1=CCC=C1)c1ccc(OCCCCCn2cc(COc3ccc(Nc4ccnc5cc(Cl)ccc45)cc3)nn2)cc1.[Fe+2]. The maximum atomic E-state index is 12.4. The Morgan fingerprint density at radius 3 is 2.42 bits per heavy atom. The number of ketones is 1. The van der Waals surface area contributed by atoms with Crippen LogP contribution in [-0.4, -0.2) is 32.4 Å². The molecule has 2 aromatic heterocycles. The Morgan fingerprint density at radius 1 is 0.885 bits per heavy atom. The summed E-state index contributed by atoms with van der Waals surface area (Å²) in [6, 6.07) is 22.7. The first-order chi connectivity index (χ1) is 25.1. The van der Waals surface area contributed by atoms with Gasteiger partial charge >= 0.3 is 17.1 Å². The molecule has 0 fully saturated rings. The van der Waals surface area contributed by atoms with Crippen molar-refractivity contribution in [3.8, 4) is 11.5 Å². The van der Waals surface area contributed by atoms with Crippen molar-refractivity contribution in [2.45, 2.75) is 45.3 Å². The number of ether oxygens (including phenoxy) is 2. The molecule has 0 bridgehead atoms. The molecule has 0 atom stereocenters. The molecule has 0 amide bonds. The minimum absolute atomic E-state index is 0. The molecular weight excluding hydrogens is 714 g/mol. The average Bonchev–Trinajstić information content (AvgIpc) is 3.98. The molecule has 52 heavy (non-hydrogen) atoms. The third-order valence-corrected chi connectivity index (χ3v) is 8.37. The van der Waals surface area contributed by atoms with E-state index in [9.17, 15) is 4.79 Å². The van der Waals surface area contributed by atoms with E-state index in [1.165, 1.54) is 0 Å². The number of carbonyl (C=O) groups excluding carboxylic acids is 1. The van der Waals surface area contributed by atoms with Crippen LogP contribution in [0.5, 0.6) is 11.5 Å². The van der Waals surface area contributed by atoms with Crippen molar-refractivity contribution in [1.29, 1.82) is 0 Å². The third kappa shape index (κ3) is 11.7. The number of aryl methyl sites for hydroxylation is 1. The number of anilines is 2. The first-order valence-corrected chi connectivity index (χ1v) is 17.5. The summed E-state index contributed by atoms with van der Waals surface area (Å²) in [6.45, 7) is 1.74. The van der Waals surface area contributed by atoms with Crippen molar-refractivity contribution < 1.29 is 31.3 Å². The molecule has 264 valence electrons. The van der Waals surface area contributed by atoms with Crippen molar-refractivity contribution in [3.05, 3.63) is 162 Å². The van der Waals surface area contributed by atoms with E-state index >= 15 is 0 Å². The molecule has 8 nitrogen and oxygen atoms in total. The summed E-state index contributed by atoms with van der Waals surface area (Å²) in [7, 11) is 0. The summed E-state index contributed by atoms with van der Waals surface area (Å²) < 4.78 is 13.6. The van der Waals surface area contributed by atoms with Gasteiger partial charge in [0.2, 0.25) is 0 Å². The monoisotopic (exact) mass is 753 g/mol. The van der Waals surface area contributed by atoms with E-state index in [0.29, 0.717) is 23.8 Å². The number of aromatic nitrogens is 4. The maximum absolute atomic E-state index is 12.4. The number of rotatable bonds is 15. The topological polar surface area (TPSA) is 91.2 Å². The van der Waals surface area contributed by atoms with Crippen molar-refractivity contribution in [1.82, 2.24) is 20.0 Å². The van der Waals surface area contributed by atoms with Gasteiger partial charge in [0.15, 0.2) is 5.78 Å². The van der Waals surface area contributed by atoms with Crippen LogP contribution in [0, 0.1) is 0 Å². The number of halogens is 1. The minimum Gasteiger partial charge on any atom is -0.494 e. The number of allylic oxidation sites excluding steroid dienone is 10. The summed E-state index contributed by atoms with van der Waals surface area (Å²) in [5.41, 5.74) is 5.23. The number of nitrogens with one attached hydrogen (secondary N) is 1. The Bertz CT molecular complexity index is 2060. The normalized spacial score (nSPS) is 12.8. The van der Waals surface area contributed by atoms with Crippen LogP contribution in [-0.2, 0) is 30.2 Å². The van der Waals surface area contributed by atoms with Gasteiger partial charge in [0.1, 0.15) is 23.8 Å². The number of hydrogen-bond donors (Lipinski definition) is 1. The van der Waals surface area contributed by atoms with Gasteiger partial charge in [0.05, 0.1) is 18.3 Å². The molecule has 1 N–H and O–H groups in total. The second-order valence-corrected chi connectivity index (χ2v) is 12.4. The molecular formula is C42H40ClFeN5O3+2. The van der Waals surface area contributed by atoms with Crippen LogP contribution >= 0.6 is 11.6 Å². The molecule has 0 spiro atoms. The molecule has 10 heteroatoms. The maximum Gasteiger partial charge on any atom is 2.00 e. The van der Waals surface area contributed by atoms with Gasteiger partial charge in [-0.2, -0.15) is 0 Å². The van der Waals surface area contributed by atoms with Gasteiger partial charge in [-0.1, -0.05) is 65.4 Å². The van der Waals surface area contributed by atoms with Crippen LogP contribution in [0.4, 0.5) is 11.4 Å². The molecule has 0 saturated heterocycles. The number of nitrogens with zero attached hydrogens (tertiary/aromatic N) is 4. The number of hydrogen-bond acceptors (Lipinski definition) is 7. The first-order valence-electron chi connectivity index (χ1n) is 17.2. The van der Waals surface area contributed by atoms with Crippen LogP contribution in [0.3, 0.4) is 0 Å². The quantitative estimate of drug-likeness (QED) is 0.0493. The van der Waals surface area contributed by atoms with E-state index in [2.05, 4.69) is 57.1 Å². The first kappa shape index (κ1) is 38.0. The van der Waals surface area contributed by atoms with E-state index in [-0.39, 0.29) is 22.9 Å². The molecule has 0 aliphatic heterocycles. The summed E-state index contributed by atoms with van der Waals surface area (Å²) in [6.07, 6.45) is 26.7. The van der Waals surface area contributed by atoms with E-state index in [4.69, 9.17) is 21.1 Å². The molecule has 0 saturated carbocycles. The van der Waals surface area contributed by atoms with Gasteiger partial charge in [0.25, 0.3) is 0 Å². The predicted octanol–water partition coefficient (Wildman–Crippen LogP) is 10.2. The molecule has 5 aromatic rings. The van der Waals surface area contributed by atoms with Crippen molar-refractivity contribution in [3.63, 3.8) is 0 Å². The van der Waals surface area contributed by atoms with Gasteiger partial charge < -0.3 is 14.8 Å². The Kier molecular flexibility index (Phi) is 14.6. The number of carbonyl (C=O) groups is 1. The van der Waals surface area contributed by atoms with Crippen molar-refractivity contribution in [2.75, 3.05) is 11.9 Å². The third-order valence-electron chi connectivity index (χ3n) is 8.13. The van der Waals surface area contributed by atoms with Crippen LogP contribution in [0.25, 0.3) is 10.9 Å². The molecule has 7 rings (SSSR count). The van der Waals surface area contributed by atoms with E-state index in [1.807, 2.05) is 95.8 Å². The average molecular weight is 754 g/mol. The fourth-order valence-electron chi connectivity index (χ4n) is 5.41. The Morgan fingerprint density at radius 2 is 1.67 bits per heavy atom. The van der Waals surface area contributed by atoms with E-state index in [1.54, 1.807) is 12.3 Å². The largest absolute Gasteiger partial charge is 2.00 e. The summed E-state index contributed by atoms with van der Waals surface area (Å²) in [5, 5.41) is 13.6. The van der Waals surface area contributed by atoms with Crippen molar-refractivity contribution in [2.24, 2.45) is 0 Å². The Labute approximate surface area is 320 Å². The fourth-order valence-corrected chi connectivity index (χ4v) is 5.58. The standard InChI is InChI=1S/C37H34ClN5O3.C5H6.Fe/c38-29-11-18-34-35(20-21-39-36(34)24-29)40-30-12-16-33(17-13-30)46-26-31-25-43(42-41-31)22-4-1-5-23-45-32-14-9-28(10-15-32)37(44)19-8-27-6-2-3-7-27;1-2-4-5-3-1;/h2,6-21,24-25H,1,3-5,22-23,26H2,(H,39,40);1-4H,5H2;/q;;+2/b19-8+;;. The number of fused-ring (bicyclic) bond motifs is 1. The van der Waals surface area contributed by atoms with Crippen LogP contribution in [0.2, 0.25) is 5.02 Å². The second-order valence-electron chi connectivity index (χ2n) is 12.0. The van der Waals surface area contributed by atoms with Crippen LogP contribution in [0.1, 0.15) is 48.2 Å². The van der Waals surface area contributed by atoms with E-state index in [0.717, 1.165) is 83.7 Å². The Hall–Kier alpha value is -5.21. The zero-order chi connectivity index (χ0) is 35.1. The smallest absolute Gasteiger partial charge is 0.494 e. The summed E-state index contributed by atoms with van der Waals surface area (Å²) in [5.74, 6) is 1.50. The number of unbranched alkanes of at least 4 members (excludes halogenated alkanes) is 2. The minimum atomic E-state index is -0.0134. The molecule has 2 aliphatic rings. The molecule has 3 aromatic carbocycles. The zero-order valence-electron chi connectivity index (χ0n) is 28.7. The van der Waals surface area contributed by atoms with Gasteiger partial charge in [-0.3, -0.25) is 14.5 Å². The fraction of sp³-hybridized carbons (Fsp3) is 0.190. The number of pyridine rings is 1. The molecule has 2 heterocycles. The predicted molar refractivity (Wildman–Crippen MR) is 205 cm³/mol. The summed E-state index contributed by atoms with van der Waals surface area (Å²) >= 11 is 6.11.